The fourth-order valence-corrected chi connectivity index (χ4v) is 7.65. The van der Waals surface area contributed by atoms with E-state index in [0.29, 0.717) is 29.8 Å². The smallest absolute Gasteiger partial charge is 0.181 e. The van der Waals surface area contributed by atoms with E-state index in [4.69, 9.17) is 4.74 Å². The van der Waals surface area contributed by atoms with Crippen LogP contribution in [0.25, 0.3) is 0 Å². The van der Waals surface area contributed by atoms with Gasteiger partial charge in [0, 0.05) is 24.0 Å². The molecule has 5 atom stereocenters. The van der Waals surface area contributed by atoms with Gasteiger partial charge in [-0.15, -0.1) is 0 Å². The zero-order valence-electron chi connectivity index (χ0n) is 17.4. The number of β-amino-alcohol motifs (C(OH)–C–C–N with tert-alkyl or cyclic N) is 1. The van der Waals surface area contributed by atoms with Gasteiger partial charge in [0.05, 0.1) is 18.9 Å². The maximum Gasteiger partial charge on any atom is 0.181 e. The second-order valence-electron chi connectivity index (χ2n) is 9.62. The fraction of sp³-hybridized carbons (Fsp3) is 0.739. The van der Waals surface area contributed by atoms with E-state index in [9.17, 15) is 10.2 Å². The van der Waals surface area contributed by atoms with Crippen LogP contribution in [0.5, 0.6) is 11.5 Å². The van der Waals surface area contributed by atoms with Gasteiger partial charge in [-0.3, -0.25) is 4.90 Å². The van der Waals surface area contributed by atoms with Gasteiger partial charge < -0.3 is 19.8 Å². The van der Waals surface area contributed by atoms with Gasteiger partial charge >= 0.3 is 0 Å². The molecule has 154 valence electrons. The summed E-state index contributed by atoms with van der Waals surface area (Å²) in [4.78, 5) is 5.09. The number of phenolic OH excluding ortho intramolecular Hbond substituents is 1. The number of hydrogen-bond donors (Lipinski definition) is 2. The van der Waals surface area contributed by atoms with Crippen LogP contribution in [0.2, 0.25) is 0 Å². The molecule has 1 unspecified atom stereocenters. The van der Waals surface area contributed by atoms with Crippen LogP contribution in [-0.2, 0) is 5.41 Å². The van der Waals surface area contributed by atoms with Gasteiger partial charge in [0.25, 0.3) is 0 Å². The van der Waals surface area contributed by atoms with E-state index in [1.165, 1.54) is 37.8 Å². The highest BCUT2D eigenvalue weighted by Gasteiger charge is 2.68. The van der Waals surface area contributed by atoms with Gasteiger partial charge in [-0.05, 0) is 75.6 Å². The lowest BCUT2D eigenvalue weighted by Gasteiger charge is -2.59. The first-order valence-corrected chi connectivity index (χ1v) is 11.1. The van der Waals surface area contributed by atoms with Crippen molar-refractivity contribution in [3.05, 3.63) is 17.7 Å². The van der Waals surface area contributed by atoms with Crippen LogP contribution in [0, 0.1) is 5.41 Å². The molecule has 5 nitrogen and oxygen atoms in total. The lowest BCUT2D eigenvalue weighted by molar-refractivity contribution is -0.0348. The molecular weight excluding hydrogens is 352 g/mol. The van der Waals surface area contributed by atoms with E-state index in [1.807, 2.05) is 13.0 Å². The van der Waals surface area contributed by atoms with Crippen molar-refractivity contribution in [3.63, 3.8) is 0 Å². The van der Waals surface area contributed by atoms with Gasteiger partial charge in [-0.2, -0.15) is 0 Å². The Morgan fingerprint density at radius 2 is 2.07 bits per heavy atom. The fourth-order valence-electron chi connectivity index (χ4n) is 7.65. The summed E-state index contributed by atoms with van der Waals surface area (Å²) in [7, 11) is 1.61. The number of rotatable bonds is 4. The largest absolute Gasteiger partial charge is 0.503 e. The number of ether oxygens (including phenoxy) is 1. The van der Waals surface area contributed by atoms with Crippen molar-refractivity contribution >= 4 is 5.69 Å². The molecule has 28 heavy (non-hydrogen) atoms. The Kier molecular flexibility index (Phi) is 4.15. The number of nitrogens with zero attached hydrogens (tertiary/aromatic N) is 2. The molecule has 0 amide bonds. The van der Waals surface area contributed by atoms with Crippen molar-refractivity contribution in [2.24, 2.45) is 5.41 Å². The predicted octanol–water partition coefficient (Wildman–Crippen LogP) is 3.27. The molecule has 1 spiro atoms. The first kappa shape index (κ1) is 18.6. The average Bonchev–Trinajstić information content (AvgIpc) is 3.21. The number of methoxy groups -OCH3 is 1. The Hall–Kier alpha value is -1.46. The third-order valence-electron chi connectivity index (χ3n) is 8.54. The van der Waals surface area contributed by atoms with Crippen LogP contribution < -0.4 is 9.64 Å². The van der Waals surface area contributed by atoms with Crippen molar-refractivity contribution in [1.29, 1.82) is 0 Å². The van der Waals surface area contributed by atoms with Gasteiger partial charge in [-0.25, -0.2) is 0 Å². The molecule has 0 bridgehead atoms. The molecule has 0 aromatic heterocycles. The van der Waals surface area contributed by atoms with E-state index in [-0.39, 0.29) is 11.2 Å². The van der Waals surface area contributed by atoms with Crippen molar-refractivity contribution < 1.29 is 14.9 Å². The highest BCUT2D eigenvalue weighted by molar-refractivity contribution is 5.76. The number of aliphatic hydroxyl groups excluding tert-OH is 1. The summed E-state index contributed by atoms with van der Waals surface area (Å²) in [5.41, 5.74) is 2.66. The molecule has 3 fully saturated rings. The number of piperidine rings is 1. The Morgan fingerprint density at radius 1 is 1.25 bits per heavy atom. The molecule has 0 radical (unpaired) electrons. The summed E-state index contributed by atoms with van der Waals surface area (Å²) in [6.45, 7) is 7.14. The lowest BCUT2D eigenvalue weighted by atomic mass is 9.52. The summed E-state index contributed by atoms with van der Waals surface area (Å²) in [5.74, 6) is 0.783. The average molecular weight is 387 g/mol. The first-order chi connectivity index (χ1) is 13.5. The highest BCUT2D eigenvalue weighted by atomic mass is 16.5. The number of anilines is 1. The second-order valence-corrected chi connectivity index (χ2v) is 9.62. The van der Waals surface area contributed by atoms with E-state index in [1.54, 1.807) is 7.11 Å². The summed E-state index contributed by atoms with van der Waals surface area (Å²) < 4.78 is 5.45. The predicted molar refractivity (Wildman–Crippen MR) is 110 cm³/mol. The maximum absolute atomic E-state index is 11.1. The zero-order valence-corrected chi connectivity index (χ0v) is 17.4. The summed E-state index contributed by atoms with van der Waals surface area (Å²) in [5, 5.41) is 21.4. The summed E-state index contributed by atoms with van der Waals surface area (Å²) >= 11 is 0. The van der Waals surface area contributed by atoms with Crippen LogP contribution >= 0.6 is 0 Å². The van der Waals surface area contributed by atoms with Crippen molar-refractivity contribution in [2.45, 2.75) is 76.0 Å². The number of aliphatic hydroxyl groups is 1. The molecule has 1 aromatic carbocycles. The molecular formula is C23H34N2O3. The molecule has 1 saturated carbocycles. The quantitative estimate of drug-likeness (QED) is 0.832. The van der Waals surface area contributed by atoms with Crippen LogP contribution in [0.3, 0.4) is 0 Å². The second kappa shape index (κ2) is 6.27. The Bertz CT molecular complexity index is 781. The molecule has 3 heterocycles. The van der Waals surface area contributed by atoms with Crippen molar-refractivity contribution in [1.82, 2.24) is 4.90 Å². The number of phenols is 1. The third-order valence-corrected chi connectivity index (χ3v) is 8.54. The molecule has 5 heteroatoms. The van der Waals surface area contributed by atoms with Crippen LogP contribution in [0.4, 0.5) is 5.69 Å². The SMILES string of the molecule is CC[C@@]12CCCN3CC[C@]4(c5ccc(OC)c(O)c5N(CC(C)O)[C@@H]4CC1)[C@H]32. The molecule has 1 aliphatic carbocycles. The maximum atomic E-state index is 11.1. The summed E-state index contributed by atoms with van der Waals surface area (Å²) in [6, 6.07) is 5.05. The van der Waals surface area contributed by atoms with Gasteiger partial charge in [0.15, 0.2) is 11.5 Å². The number of hydrogen-bond acceptors (Lipinski definition) is 5. The Morgan fingerprint density at radius 3 is 2.79 bits per heavy atom. The van der Waals surface area contributed by atoms with Gasteiger partial charge in [0.1, 0.15) is 0 Å². The minimum absolute atomic E-state index is 0.0582. The molecule has 1 aromatic rings. The van der Waals surface area contributed by atoms with Crippen LogP contribution in [-0.4, -0.2) is 60.0 Å². The Balaban J connectivity index is 1.73. The highest BCUT2D eigenvalue weighted by Crippen LogP contribution is 2.67. The minimum Gasteiger partial charge on any atom is -0.503 e. The van der Waals surface area contributed by atoms with Crippen LogP contribution in [0.1, 0.15) is 57.9 Å². The molecule has 3 aliphatic heterocycles. The molecule has 2 N–H and O–H groups in total. The topological polar surface area (TPSA) is 56.2 Å². The Labute approximate surface area is 168 Å². The van der Waals surface area contributed by atoms with E-state index in [0.717, 1.165) is 25.1 Å². The molecule has 2 saturated heterocycles. The normalized spacial score (nSPS) is 37.4. The van der Waals surface area contributed by atoms with Crippen molar-refractivity contribution in [3.8, 4) is 11.5 Å². The zero-order chi connectivity index (χ0) is 19.7. The van der Waals surface area contributed by atoms with E-state index >= 15 is 0 Å². The number of aromatic hydroxyl groups is 1. The minimum atomic E-state index is -0.435. The number of benzene rings is 1. The summed E-state index contributed by atoms with van der Waals surface area (Å²) in [6.07, 6.45) is 6.97. The van der Waals surface area contributed by atoms with Crippen LogP contribution in [0.15, 0.2) is 12.1 Å². The third kappa shape index (κ3) is 2.15. The van der Waals surface area contributed by atoms with Crippen molar-refractivity contribution in [2.75, 3.05) is 31.6 Å². The molecule has 5 rings (SSSR count). The molecule has 4 aliphatic rings. The van der Waals surface area contributed by atoms with E-state index in [2.05, 4.69) is 22.8 Å². The number of fused-ring (bicyclic) bond motifs is 1. The lowest BCUT2D eigenvalue weighted by Crippen LogP contribution is -2.64. The first-order valence-electron chi connectivity index (χ1n) is 11.1. The van der Waals surface area contributed by atoms with Gasteiger partial charge in [0.2, 0.25) is 0 Å². The monoisotopic (exact) mass is 386 g/mol. The van der Waals surface area contributed by atoms with E-state index < -0.39 is 6.10 Å². The standard InChI is InChI=1S/C23H34N2O3/c1-4-22-9-5-12-24-13-11-23(21(22)24)16-6-7-17(28-3)20(27)19(16)25(14-15(2)26)18(23)8-10-22/h6-7,15,18,21,26-27H,4-5,8-14H2,1-3H3/t15?,18-,21-,22-,23-/m1/s1. The van der Waals surface area contributed by atoms with Gasteiger partial charge in [-0.1, -0.05) is 13.0 Å².